The lowest BCUT2D eigenvalue weighted by Crippen LogP contribution is -2.09. The molecule has 0 spiro atoms. The van der Waals surface area contributed by atoms with Crippen LogP contribution in [-0.4, -0.2) is 14.2 Å². The number of rotatable bonds is 5. The van der Waals surface area contributed by atoms with Crippen molar-refractivity contribution >= 4 is 27.1 Å². The zero-order chi connectivity index (χ0) is 12.2. The summed E-state index contributed by atoms with van der Waals surface area (Å²) in [6, 6.07) is 4.94. The van der Waals surface area contributed by atoms with Crippen molar-refractivity contribution in [2.75, 3.05) is 11.5 Å². The van der Waals surface area contributed by atoms with Gasteiger partial charge in [0.1, 0.15) is 0 Å². The third-order valence-electron chi connectivity index (χ3n) is 2.26. The Labute approximate surface area is 102 Å². The minimum atomic E-state index is -3.03. The first-order chi connectivity index (χ1) is 7.44. The molecule has 0 radical (unpaired) electrons. The Kier molecular flexibility index (Phi) is 4.62. The third-order valence-corrected chi connectivity index (χ3v) is 4.28. The Morgan fingerprint density at radius 2 is 2.06 bits per heavy atom. The summed E-state index contributed by atoms with van der Waals surface area (Å²) in [6.45, 7) is 1.97. The molecule has 5 heteroatoms. The number of benzene rings is 1. The van der Waals surface area contributed by atoms with E-state index in [1.165, 1.54) is 0 Å². The molecule has 0 bridgehead atoms. The standard InChI is InChI=1S/C11H16ClNO2S/c1-2-3-6-16(14,15)8-9-4-5-10(12)11(13)7-9/h4-5,7H,2-3,6,8,13H2,1H3. The van der Waals surface area contributed by atoms with Gasteiger partial charge in [0.25, 0.3) is 0 Å². The van der Waals surface area contributed by atoms with Gasteiger partial charge in [0.2, 0.25) is 0 Å². The molecule has 0 aromatic heterocycles. The lowest BCUT2D eigenvalue weighted by molar-refractivity contribution is 0.592. The fourth-order valence-corrected chi connectivity index (χ4v) is 3.05. The van der Waals surface area contributed by atoms with Gasteiger partial charge in [-0.3, -0.25) is 0 Å². The average Bonchev–Trinajstić information content (AvgIpc) is 2.20. The smallest absolute Gasteiger partial charge is 0.154 e. The van der Waals surface area contributed by atoms with Crippen LogP contribution in [0.1, 0.15) is 25.3 Å². The van der Waals surface area contributed by atoms with E-state index >= 15 is 0 Å². The molecule has 1 aromatic rings. The van der Waals surface area contributed by atoms with E-state index in [0.717, 1.165) is 6.42 Å². The van der Waals surface area contributed by atoms with Crippen LogP contribution in [0.4, 0.5) is 5.69 Å². The second-order valence-corrected chi connectivity index (χ2v) is 6.39. The van der Waals surface area contributed by atoms with Crippen LogP contribution < -0.4 is 5.73 Å². The van der Waals surface area contributed by atoms with Gasteiger partial charge >= 0.3 is 0 Å². The Bertz CT molecular complexity index is 457. The molecule has 0 fully saturated rings. The molecule has 0 heterocycles. The summed E-state index contributed by atoms with van der Waals surface area (Å²) >= 11 is 5.76. The van der Waals surface area contributed by atoms with Crippen LogP contribution >= 0.6 is 11.6 Å². The van der Waals surface area contributed by atoms with E-state index < -0.39 is 9.84 Å². The molecule has 1 aromatic carbocycles. The minimum Gasteiger partial charge on any atom is -0.398 e. The van der Waals surface area contributed by atoms with Crippen molar-refractivity contribution < 1.29 is 8.42 Å². The van der Waals surface area contributed by atoms with Gasteiger partial charge in [-0.1, -0.05) is 31.0 Å². The molecule has 2 N–H and O–H groups in total. The summed E-state index contributed by atoms with van der Waals surface area (Å²) in [6.07, 6.45) is 1.58. The maximum absolute atomic E-state index is 11.7. The summed E-state index contributed by atoms with van der Waals surface area (Å²) in [7, 11) is -3.03. The number of nitrogens with two attached hydrogens (primary N) is 1. The highest BCUT2D eigenvalue weighted by atomic mass is 35.5. The molecule has 0 amide bonds. The van der Waals surface area contributed by atoms with Crippen LogP contribution in [0.15, 0.2) is 18.2 Å². The monoisotopic (exact) mass is 261 g/mol. The van der Waals surface area contributed by atoms with Gasteiger partial charge in [0, 0.05) is 0 Å². The van der Waals surface area contributed by atoms with Crippen LogP contribution in [-0.2, 0) is 15.6 Å². The van der Waals surface area contributed by atoms with Gasteiger partial charge in [0.15, 0.2) is 9.84 Å². The quantitative estimate of drug-likeness (QED) is 0.829. The number of hydrogen-bond acceptors (Lipinski definition) is 3. The summed E-state index contributed by atoms with van der Waals surface area (Å²) in [5, 5.41) is 0.453. The zero-order valence-electron chi connectivity index (χ0n) is 9.24. The summed E-state index contributed by atoms with van der Waals surface area (Å²) in [5.41, 5.74) is 6.73. The fourth-order valence-electron chi connectivity index (χ4n) is 1.37. The first-order valence-corrected chi connectivity index (χ1v) is 7.39. The normalized spacial score (nSPS) is 11.6. The SMILES string of the molecule is CCCCS(=O)(=O)Cc1ccc(Cl)c(N)c1. The van der Waals surface area contributed by atoms with E-state index in [4.69, 9.17) is 17.3 Å². The minimum absolute atomic E-state index is 0.0361. The lowest BCUT2D eigenvalue weighted by atomic mass is 10.2. The predicted molar refractivity (Wildman–Crippen MR) is 68.3 cm³/mol. The molecule has 90 valence electrons. The van der Waals surface area contributed by atoms with Crippen molar-refractivity contribution in [2.45, 2.75) is 25.5 Å². The van der Waals surface area contributed by atoms with Crippen LogP contribution in [0.2, 0.25) is 5.02 Å². The highest BCUT2D eigenvalue weighted by Crippen LogP contribution is 2.21. The van der Waals surface area contributed by atoms with Crippen molar-refractivity contribution in [3.8, 4) is 0 Å². The maximum Gasteiger partial charge on any atom is 0.154 e. The topological polar surface area (TPSA) is 60.2 Å². The van der Waals surface area contributed by atoms with Crippen molar-refractivity contribution in [3.05, 3.63) is 28.8 Å². The van der Waals surface area contributed by atoms with Gasteiger partial charge in [0.05, 0.1) is 22.2 Å². The molecule has 3 nitrogen and oxygen atoms in total. The Hall–Kier alpha value is -0.740. The molecule has 16 heavy (non-hydrogen) atoms. The largest absolute Gasteiger partial charge is 0.398 e. The predicted octanol–water partition coefficient (Wildman–Crippen LogP) is 2.64. The van der Waals surface area contributed by atoms with Gasteiger partial charge in [-0.15, -0.1) is 0 Å². The fraction of sp³-hybridized carbons (Fsp3) is 0.455. The van der Waals surface area contributed by atoms with E-state index in [2.05, 4.69) is 0 Å². The van der Waals surface area contributed by atoms with Crippen molar-refractivity contribution in [1.82, 2.24) is 0 Å². The number of nitrogen functional groups attached to an aromatic ring is 1. The molecule has 0 aliphatic rings. The molecular weight excluding hydrogens is 246 g/mol. The molecule has 0 unspecified atom stereocenters. The maximum atomic E-state index is 11.7. The van der Waals surface area contributed by atoms with E-state index in [-0.39, 0.29) is 11.5 Å². The second kappa shape index (κ2) is 5.55. The van der Waals surface area contributed by atoms with Gasteiger partial charge in [-0.25, -0.2) is 8.42 Å². The van der Waals surface area contributed by atoms with Crippen molar-refractivity contribution in [2.24, 2.45) is 0 Å². The van der Waals surface area contributed by atoms with Gasteiger partial charge in [-0.05, 0) is 24.1 Å². The first kappa shape index (κ1) is 13.3. The van der Waals surface area contributed by atoms with E-state index in [1.54, 1.807) is 18.2 Å². The summed E-state index contributed by atoms with van der Waals surface area (Å²) in [5.74, 6) is 0.264. The van der Waals surface area contributed by atoms with E-state index in [1.807, 2.05) is 6.92 Å². The molecule has 0 saturated heterocycles. The Balaban J connectivity index is 2.76. The Morgan fingerprint density at radius 3 is 2.62 bits per heavy atom. The molecule has 1 rings (SSSR count). The van der Waals surface area contributed by atoms with Crippen molar-refractivity contribution in [3.63, 3.8) is 0 Å². The number of sulfone groups is 1. The van der Waals surface area contributed by atoms with Crippen LogP contribution in [0, 0.1) is 0 Å². The average molecular weight is 262 g/mol. The van der Waals surface area contributed by atoms with Crippen molar-refractivity contribution in [1.29, 1.82) is 0 Å². The lowest BCUT2D eigenvalue weighted by Gasteiger charge is -2.05. The highest BCUT2D eigenvalue weighted by molar-refractivity contribution is 7.90. The molecular formula is C11H16ClNO2S. The second-order valence-electron chi connectivity index (χ2n) is 3.80. The zero-order valence-corrected chi connectivity index (χ0v) is 10.8. The number of unbranched alkanes of at least 4 members (excludes halogenated alkanes) is 1. The molecule has 0 aliphatic heterocycles. The highest BCUT2D eigenvalue weighted by Gasteiger charge is 2.11. The first-order valence-electron chi connectivity index (χ1n) is 5.19. The van der Waals surface area contributed by atoms with E-state index in [0.29, 0.717) is 22.7 Å². The third kappa shape index (κ3) is 4.02. The molecule has 0 atom stereocenters. The Morgan fingerprint density at radius 1 is 1.38 bits per heavy atom. The number of anilines is 1. The van der Waals surface area contributed by atoms with Crippen LogP contribution in [0.3, 0.4) is 0 Å². The number of halogens is 1. The molecule has 0 aliphatic carbocycles. The number of hydrogen-bond donors (Lipinski definition) is 1. The van der Waals surface area contributed by atoms with Gasteiger partial charge < -0.3 is 5.73 Å². The van der Waals surface area contributed by atoms with E-state index in [9.17, 15) is 8.42 Å². The summed E-state index contributed by atoms with van der Waals surface area (Å²) < 4.78 is 23.4. The molecule has 0 saturated carbocycles. The van der Waals surface area contributed by atoms with Crippen LogP contribution in [0.5, 0.6) is 0 Å². The van der Waals surface area contributed by atoms with Gasteiger partial charge in [-0.2, -0.15) is 0 Å². The summed E-state index contributed by atoms with van der Waals surface area (Å²) in [4.78, 5) is 0. The van der Waals surface area contributed by atoms with Crippen LogP contribution in [0.25, 0.3) is 0 Å².